The molecule has 0 aromatic heterocycles. The van der Waals surface area contributed by atoms with E-state index in [0.29, 0.717) is 25.4 Å². The lowest BCUT2D eigenvalue weighted by Gasteiger charge is -2.22. The summed E-state index contributed by atoms with van der Waals surface area (Å²) in [6, 6.07) is -0.274. The summed E-state index contributed by atoms with van der Waals surface area (Å²) in [4.78, 5) is 25.0. The molecule has 2 amide bonds. The molecule has 7 heteroatoms. The fraction of sp³-hybridized carbons (Fsp3) is 0.857. The lowest BCUT2D eigenvalue weighted by molar-refractivity contribution is -0.130. The van der Waals surface area contributed by atoms with Crippen molar-refractivity contribution >= 4 is 21.7 Å². The molecule has 21 heavy (non-hydrogen) atoms. The van der Waals surface area contributed by atoms with Gasteiger partial charge in [-0.3, -0.25) is 9.59 Å². The van der Waals surface area contributed by atoms with Gasteiger partial charge >= 0.3 is 0 Å². The molecule has 1 atom stereocenters. The molecular formula is C14H26N2O4S. The molecule has 0 aromatic carbocycles. The van der Waals surface area contributed by atoms with Gasteiger partial charge in [-0.05, 0) is 18.8 Å². The van der Waals surface area contributed by atoms with Crippen LogP contribution in [0.3, 0.4) is 0 Å². The highest BCUT2D eigenvalue weighted by Gasteiger charge is 2.28. The first-order chi connectivity index (χ1) is 9.69. The number of nitrogens with zero attached hydrogens (tertiary/aromatic N) is 1. The predicted octanol–water partition coefficient (Wildman–Crippen LogP) is 0.574. The van der Waals surface area contributed by atoms with Crippen molar-refractivity contribution in [3.05, 3.63) is 0 Å². The van der Waals surface area contributed by atoms with Crippen LogP contribution in [0.2, 0.25) is 0 Å². The van der Waals surface area contributed by atoms with Crippen molar-refractivity contribution in [2.45, 2.75) is 46.1 Å². The zero-order valence-electron chi connectivity index (χ0n) is 13.1. The van der Waals surface area contributed by atoms with E-state index >= 15 is 0 Å². The lowest BCUT2D eigenvalue weighted by atomic mass is 10.1. The highest BCUT2D eigenvalue weighted by atomic mass is 32.2. The Morgan fingerprint density at radius 1 is 1.29 bits per heavy atom. The van der Waals surface area contributed by atoms with Crippen LogP contribution < -0.4 is 5.32 Å². The van der Waals surface area contributed by atoms with E-state index in [-0.39, 0.29) is 35.8 Å². The second-order valence-electron chi connectivity index (χ2n) is 6.11. The molecule has 1 heterocycles. The summed E-state index contributed by atoms with van der Waals surface area (Å²) in [7, 11) is -2.98. The van der Waals surface area contributed by atoms with Crippen molar-refractivity contribution in [2.75, 3.05) is 24.6 Å². The van der Waals surface area contributed by atoms with Crippen LogP contribution in [0.25, 0.3) is 0 Å². The van der Waals surface area contributed by atoms with Crippen LogP contribution in [0.1, 0.15) is 40.0 Å². The van der Waals surface area contributed by atoms with Crippen LogP contribution in [0.5, 0.6) is 0 Å². The van der Waals surface area contributed by atoms with Gasteiger partial charge in [-0.1, -0.05) is 13.8 Å². The Hall–Kier alpha value is -1.11. The average molecular weight is 318 g/mol. The number of rotatable bonds is 7. The zero-order valence-corrected chi connectivity index (χ0v) is 13.9. The van der Waals surface area contributed by atoms with Gasteiger partial charge in [0.15, 0.2) is 9.84 Å². The number of hydrogen-bond donors (Lipinski definition) is 1. The van der Waals surface area contributed by atoms with Crippen molar-refractivity contribution in [3.8, 4) is 0 Å². The molecule has 0 bridgehead atoms. The molecule has 6 nitrogen and oxygen atoms in total. The van der Waals surface area contributed by atoms with Gasteiger partial charge in [-0.15, -0.1) is 0 Å². The first kappa shape index (κ1) is 17.9. The molecular weight excluding hydrogens is 292 g/mol. The topological polar surface area (TPSA) is 83.6 Å². The van der Waals surface area contributed by atoms with Crippen LogP contribution in [-0.4, -0.2) is 55.8 Å². The van der Waals surface area contributed by atoms with Gasteiger partial charge in [0.25, 0.3) is 0 Å². The fourth-order valence-electron chi connectivity index (χ4n) is 2.29. The van der Waals surface area contributed by atoms with Crippen molar-refractivity contribution in [1.82, 2.24) is 10.2 Å². The van der Waals surface area contributed by atoms with Gasteiger partial charge in [0.1, 0.15) is 0 Å². The Bertz CT molecular complexity index is 473. The summed E-state index contributed by atoms with van der Waals surface area (Å²) in [6.07, 6.45) is 1.61. The van der Waals surface area contributed by atoms with E-state index in [1.54, 1.807) is 4.90 Å². The van der Waals surface area contributed by atoms with Crippen LogP contribution in [-0.2, 0) is 19.4 Å². The minimum Gasteiger partial charge on any atom is -0.352 e. The third-order valence-corrected chi connectivity index (χ3v) is 5.40. The Morgan fingerprint density at radius 3 is 2.43 bits per heavy atom. The second kappa shape index (κ2) is 7.77. The fourth-order valence-corrected chi connectivity index (χ4v) is 3.96. The number of hydrogen-bond acceptors (Lipinski definition) is 4. The molecule has 0 radical (unpaired) electrons. The number of nitrogens with one attached hydrogen (secondary N) is 1. The third kappa shape index (κ3) is 6.93. The van der Waals surface area contributed by atoms with E-state index < -0.39 is 9.84 Å². The van der Waals surface area contributed by atoms with Gasteiger partial charge in [0.05, 0.1) is 11.5 Å². The summed E-state index contributed by atoms with van der Waals surface area (Å²) in [6.45, 7) is 6.71. The van der Waals surface area contributed by atoms with E-state index in [2.05, 4.69) is 19.2 Å². The van der Waals surface area contributed by atoms with E-state index in [9.17, 15) is 18.0 Å². The molecule has 0 spiro atoms. The van der Waals surface area contributed by atoms with E-state index in [1.807, 2.05) is 0 Å². The second-order valence-corrected chi connectivity index (χ2v) is 8.33. The molecule has 1 saturated heterocycles. The molecule has 1 aliphatic heterocycles. The maximum Gasteiger partial charge on any atom is 0.222 e. The number of amides is 2. The van der Waals surface area contributed by atoms with Gasteiger partial charge in [0, 0.05) is 32.5 Å². The molecule has 0 aliphatic carbocycles. The predicted molar refractivity (Wildman–Crippen MR) is 81.5 cm³/mol. The Balaban J connectivity index is 2.34. The molecule has 1 rings (SSSR count). The smallest absolute Gasteiger partial charge is 0.222 e. The van der Waals surface area contributed by atoms with E-state index in [4.69, 9.17) is 0 Å². The Morgan fingerprint density at radius 2 is 1.95 bits per heavy atom. The van der Waals surface area contributed by atoms with Crippen LogP contribution in [0, 0.1) is 5.92 Å². The summed E-state index contributed by atoms with van der Waals surface area (Å²) in [5.41, 5.74) is 0. The quantitative estimate of drug-likeness (QED) is 0.744. The van der Waals surface area contributed by atoms with Gasteiger partial charge in [-0.25, -0.2) is 8.42 Å². The minimum atomic E-state index is -2.98. The minimum absolute atomic E-state index is 0.0303. The normalized spacial score (nSPS) is 20.5. The van der Waals surface area contributed by atoms with Gasteiger partial charge < -0.3 is 10.2 Å². The van der Waals surface area contributed by atoms with Crippen LogP contribution in [0.4, 0.5) is 0 Å². The first-order valence-electron chi connectivity index (χ1n) is 7.45. The molecule has 1 fully saturated rings. The number of sulfone groups is 1. The lowest BCUT2D eigenvalue weighted by Crippen LogP contribution is -2.39. The summed E-state index contributed by atoms with van der Waals surface area (Å²) >= 11 is 0. The van der Waals surface area contributed by atoms with E-state index in [1.165, 1.54) is 6.92 Å². The van der Waals surface area contributed by atoms with Crippen molar-refractivity contribution in [2.24, 2.45) is 5.92 Å². The number of carbonyl (C=O) groups excluding carboxylic acids is 2. The Kier molecular flexibility index (Phi) is 6.64. The summed E-state index contributed by atoms with van der Waals surface area (Å²) < 4.78 is 22.6. The van der Waals surface area contributed by atoms with E-state index in [0.717, 1.165) is 6.42 Å². The SMILES string of the molecule is CC(=O)N(CCC(=O)NC1CCS(=O)(=O)C1)CCC(C)C. The Labute approximate surface area is 127 Å². The molecule has 0 saturated carbocycles. The van der Waals surface area contributed by atoms with Gasteiger partial charge in [-0.2, -0.15) is 0 Å². The maximum absolute atomic E-state index is 11.8. The summed E-state index contributed by atoms with van der Waals surface area (Å²) in [5, 5.41) is 2.74. The molecule has 122 valence electrons. The third-order valence-electron chi connectivity index (χ3n) is 3.63. The van der Waals surface area contributed by atoms with Crippen molar-refractivity contribution < 1.29 is 18.0 Å². The molecule has 1 aliphatic rings. The molecule has 0 aromatic rings. The standard InChI is InChI=1S/C14H26N2O4S/c1-11(2)4-7-16(12(3)17)8-5-14(18)15-13-6-9-21(19,20)10-13/h11,13H,4-10H2,1-3H3,(H,15,18). The largest absolute Gasteiger partial charge is 0.352 e. The van der Waals surface area contributed by atoms with Crippen LogP contribution in [0.15, 0.2) is 0 Å². The van der Waals surface area contributed by atoms with Crippen LogP contribution >= 0.6 is 0 Å². The monoisotopic (exact) mass is 318 g/mol. The van der Waals surface area contributed by atoms with Crippen molar-refractivity contribution in [3.63, 3.8) is 0 Å². The van der Waals surface area contributed by atoms with Crippen molar-refractivity contribution in [1.29, 1.82) is 0 Å². The first-order valence-corrected chi connectivity index (χ1v) is 9.27. The zero-order chi connectivity index (χ0) is 16.0. The maximum atomic E-state index is 11.8. The van der Waals surface area contributed by atoms with Gasteiger partial charge in [0.2, 0.25) is 11.8 Å². The summed E-state index contributed by atoms with van der Waals surface area (Å²) in [5.74, 6) is 0.457. The average Bonchev–Trinajstić information content (AvgIpc) is 2.67. The number of carbonyl (C=O) groups is 2. The molecule has 1 unspecified atom stereocenters. The molecule has 1 N–H and O–H groups in total. The highest BCUT2D eigenvalue weighted by Crippen LogP contribution is 2.11. The highest BCUT2D eigenvalue weighted by molar-refractivity contribution is 7.91.